The number of likely N-dealkylation sites (tertiary alicyclic amines) is 2. The number of nitrogens with zero attached hydrogens (tertiary/aromatic N) is 3. The third-order valence-electron chi connectivity index (χ3n) is 5.47. The molecule has 3 aliphatic rings. The molecule has 0 aromatic heterocycles. The summed E-state index contributed by atoms with van der Waals surface area (Å²) in [6.07, 6.45) is 4.65. The van der Waals surface area contributed by atoms with Gasteiger partial charge in [0.15, 0.2) is 6.61 Å². The van der Waals surface area contributed by atoms with E-state index < -0.39 is 0 Å². The molecule has 6 heteroatoms. The highest BCUT2D eigenvalue weighted by molar-refractivity contribution is 6.02. The number of rotatable bonds is 4. The van der Waals surface area contributed by atoms with Crippen molar-refractivity contribution < 1.29 is 14.3 Å². The first-order chi connectivity index (χ1) is 12.2. The molecule has 25 heavy (non-hydrogen) atoms. The van der Waals surface area contributed by atoms with E-state index in [0.29, 0.717) is 11.4 Å². The molecule has 1 aromatic carbocycles. The number of hydrogen-bond donors (Lipinski definition) is 0. The van der Waals surface area contributed by atoms with Crippen LogP contribution in [0.3, 0.4) is 0 Å². The second-order valence-electron chi connectivity index (χ2n) is 7.13. The van der Waals surface area contributed by atoms with Gasteiger partial charge in [0.05, 0.1) is 5.69 Å². The lowest BCUT2D eigenvalue weighted by Gasteiger charge is -2.33. The van der Waals surface area contributed by atoms with E-state index in [4.69, 9.17) is 4.74 Å². The largest absolute Gasteiger partial charge is 0.482 e. The molecule has 0 bridgehead atoms. The highest BCUT2D eigenvalue weighted by Gasteiger charge is 2.34. The van der Waals surface area contributed by atoms with Crippen LogP contribution >= 0.6 is 0 Å². The summed E-state index contributed by atoms with van der Waals surface area (Å²) in [5.41, 5.74) is 0.697. The van der Waals surface area contributed by atoms with Crippen molar-refractivity contribution in [3.05, 3.63) is 24.3 Å². The lowest BCUT2D eigenvalue weighted by Crippen LogP contribution is -2.49. The van der Waals surface area contributed by atoms with E-state index in [2.05, 4.69) is 4.90 Å². The monoisotopic (exact) mass is 343 g/mol. The van der Waals surface area contributed by atoms with Gasteiger partial charge in [-0.1, -0.05) is 12.1 Å². The molecule has 0 aliphatic carbocycles. The van der Waals surface area contributed by atoms with Crippen LogP contribution in [-0.4, -0.2) is 67.0 Å². The maximum atomic E-state index is 12.9. The minimum Gasteiger partial charge on any atom is -0.482 e. The Kier molecular flexibility index (Phi) is 4.61. The molecule has 3 aliphatic heterocycles. The number of fused-ring (bicyclic) bond motifs is 1. The predicted molar refractivity (Wildman–Crippen MR) is 94.7 cm³/mol. The van der Waals surface area contributed by atoms with Gasteiger partial charge in [0, 0.05) is 19.1 Å². The maximum Gasteiger partial charge on any atom is 0.265 e. The molecule has 0 radical (unpaired) electrons. The van der Waals surface area contributed by atoms with Crippen LogP contribution in [0.4, 0.5) is 5.69 Å². The van der Waals surface area contributed by atoms with Crippen molar-refractivity contribution in [2.45, 2.75) is 31.7 Å². The summed E-state index contributed by atoms with van der Waals surface area (Å²) in [6.45, 7) is 4.18. The lowest BCUT2D eigenvalue weighted by molar-refractivity contribution is -0.132. The summed E-state index contributed by atoms with van der Waals surface area (Å²) in [7, 11) is 0. The van der Waals surface area contributed by atoms with Crippen LogP contribution in [0.1, 0.15) is 25.7 Å². The average molecular weight is 343 g/mol. The van der Waals surface area contributed by atoms with Crippen molar-refractivity contribution >= 4 is 17.5 Å². The Morgan fingerprint density at radius 2 is 1.92 bits per heavy atom. The van der Waals surface area contributed by atoms with E-state index in [1.165, 1.54) is 12.8 Å². The van der Waals surface area contributed by atoms with E-state index in [1.807, 2.05) is 29.2 Å². The summed E-state index contributed by atoms with van der Waals surface area (Å²) in [4.78, 5) is 31.2. The van der Waals surface area contributed by atoms with E-state index in [1.54, 1.807) is 4.90 Å². The molecule has 2 saturated heterocycles. The summed E-state index contributed by atoms with van der Waals surface area (Å²) >= 11 is 0. The third kappa shape index (κ3) is 3.35. The van der Waals surface area contributed by atoms with Gasteiger partial charge in [0.2, 0.25) is 5.91 Å². The van der Waals surface area contributed by atoms with Crippen LogP contribution in [0.5, 0.6) is 5.75 Å². The molecule has 3 heterocycles. The normalized spacial score (nSPS) is 23.7. The van der Waals surface area contributed by atoms with Gasteiger partial charge in [0.25, 0.3) is 5.91 Å². The van der Waals surface area contributed by atoms with Gasteiger partial charge < -0.3 is 14.5 Å². The Labute approximate surface area is 148 Å². The number of para-hydroxylation sites is 2. The van der Waals surface area contributed by atoms with E-state index in [0.717, 1.165) is 39.0 Å². The molecule has 0 saturated carbocycles. The van der Waals surface area contributed by atoms with E-state index >= 15 is 0 Å². The molecule has 1 atom stereocenters. The number of carbonyl (C=O) groups is 2. The molecule has 1 unspecified atom stereocenters. The van der Waals surface area contributed by atoms with Crippen molar-refractivity contribution in [1.29, 1.82) is 0 Å². The summed E-state index contributed by atoms with van der Waals surface area (Å²) in [5.74, 6) is 0.569. The smallest absolute Gasteiger partial charge is 0.265 e. The number of ether oxygens (including phenoxy) is 1. The van der Waals surface area contributed by atoms with Crippen molar-refractivity contribution in [2.24, 2.45) is 0 Å². The van der Waals surface area contributed by atoms with Crippen LogP contribution in [0.15, 0.2) is 24.3 Å². The zero-order valence-corrected chi connectivity index (χ0v) is 14.5. The van der Waals surface area contributed by atoms with Crippen molar-refractivity contribution in [3.63, 3.8) is 0 Å². The van der Waals surface area contributed by atoms with Gasteiger partial charge in [-0.3, -0.25) is 14.5 Å². The van der Waals surface area contributed by atoms with Crippen LogP contribution < -0.4 is 9.64 Å². The Hall–Kier alpha value is -2.08. The van der Waals surface area contributed by atoms with Gasteiger partial charge in [-0.05, 0) is 50.9 Å². The fourth-order valence-corrected chi connectivity index (χ4v) is 4.17. The summed E-state index contributed by atoms with van der Waals surface area (Å²) in [6, 6.07) is 7.71. The molecular weight excluding hydrogens is 318 g/mol. The molecule has 2 fully saturated rings. The minimum atomic E-state index is -0.151. The first-order valence-corrected chi connectivity index (χ1v) is 9.26. The Balaban J connectivity index is 1.45. The number of amides is 2. The number of hydrogen-bond acceptors (Lipinski definition) is 4. The van der Waals surface area contributed by atoms with Crippen LogP contribution in [-0.2, 0) is 9.59 Å². The molecule has 2 amide bonds. The molecule has 0 spiro atoms. The van der Waals surface area contributed by atoms with Gasteiger partial charge in [-0.25, -0.2) is 0 Å². The second-order valence-corrected chi connectivity index (χ2v) is 7.13. The van der Waals surface area contributed by atoms with Gasteiger partial charge >= 0.3 is 0 Å². The topological polar surface area (TPSA) is 53.1 Å². The van der Waals surface area contributed by atoms with E-state index in [9.17, 15) is 9.59 Å². The predicted octanol–water partition coefficient (Wildman–Crippen LogP) is 1.50. The first kappa shape index (κ1) is 16.4. The average Bonchev–Trinajstić information content (AvgIpc) is 3.30. The third-order valence-corrected chi connectivity index (χ3v) is 5.47. The van der Waals surface area contributed by atoms with Crippen LogP contribution in [0.2, 0.25) is 0 Å². The maximum absolute atomic E-state index is 12.9. The zero-order valence-electron chi connectivity index (χ0n) is 14.5. The van der Waals surface area contributed by atoms with Gasteiger partial charge in [0.1, 0.15) is 12.3 Å². The fourth-order valence-electron chi connectivity index (χ4n) is 4.17. The highest BCUT2D eigenvalue weighted by atomic mass is 16.5. The number of carbonyl (C=O) groups excluding carboxylic acids is 2. The summed E-state index contributed by atoms with van der Waals surface area (Å²) in [5, 5.41) is 0. The fraction of sp³-hybridized carbons (Fsp3) is 0.579. The van der Waals surface area contributed by atoms with Crippen LogP contribution in [0.25, 0.3) is 0 Å². The van der Waals surface area contributed by atoms with Crippen molar-refractivity contribution in [2.75, 3.05) is 44.2 Å². The molecule has 0 N–H and O–H groups in total. The Morgan fingerprint density at radius 1 is 1.12 bits per heavy atom. The van der Waals surface area contributed by atoms with Crippen molar-refractivity contribution in [1.82, 2.24) is 9.80 Å². The molecule has 134 valence electrons. The molecule has 4 rings (SSSR count). The minimum absolute atomic E-state index is 0.00149. The number of anilines is 1. The highest BCUT2D eigenvalue weighted by Crippen LogP contribution is 2.31. The Bertz CT molecular complexity index is 657. The second kappa shape index (κ2) is 7.04. The van der Waals surface area contributed by atoms with Crippen molar-refractivity contribution in [3.8, 4) is 5.75 Å². The van der Waals surface area contributed by atoms with Gasteiger partial charge in [-0.15, -0.1) is 0 Å². The SMILES string of the molecule is O=C1COc2ccccc2N1CC(=O)N1CCCC1CN1CCCC1. The quantitative estimate of drug-likeness (QED) is 0.831. The zero-order chi connectivity index (χ0) is 17.2. The molecule has 1 aromatic rings. The first-order valence-electron chi connectivity index (χ1n) is 9.26. The summed E-state index contributed by atoms with van der Waals surface area (Å²) < 4.78 is 5.46. The standard InChI is InChI=1S/C19H25N3O3/c23-18(21-11-5-6-15(21)12-20-9-3-4-10-20)13-22-16-7-1-2-8-17(16)25-14-19(22)24/h1-2,7-8,15H,3-6,9-14H2. The number of benzene rings is 1. The molecule has 6 nitrogen and oxygen atoms in total. The van der Waals surface area contributed by atoms with Gasteiger partial charge in [-0.2, -0.15) is 0 Å². The van der Waals surface area contributed by atoms with Crippen LogP contribution in [0, 0.1) is 0 Å². The Morgan fingerprint density at radius 3 is 2.76 bits per heavy atom. The molecular formula is C19H25N3O3. The van der Waals surface area contributed by atoms with E-state index in [-0.39, 0.29) is 31.0 Å². The lowest BCUT2D eigenvalue weighted by atomic mass is 10.2.